The second kappa shape index (κ2) is 6.50. The summed E-state index contributed by atoms with van der Waals surface area (Å²) >= 11 is 5.83. The molecule has 116 valence electrons. The van der Waals surface area contributed by atoms with Crippen LogP contribution in [-0.4, -0.2) is 14.3 Å². The highest BCUT2D eigenvalue weighted by Gasteiger charge is 2.29. The van der Waals surface area contributed by atoms with E-state index in [-0.39, 0.29) is 4.90 Å². The topological polar surface area (TPSA) is 63.2 Å². The summed E-state index contributed by atoms with van der Waals surface area (Å²) in [7, 11) is -3.75. The van der Waals surface area contributed by atoms with Gasteiger partial charge in [-0.25, -0.2) is 8.42 Å². The van der Waals surface area contributed by atoms with Gasteiger partial charge in [0.15, 0.2) is 5.37 Å². The predicted molar refractivity (Wildman–Crippen MR) is 86.4 cm³/mol. The van der Waals surface area contributed by atoms with Crippen LogP contribution in [0.1, 0.15) is 23.4 Å². The summed E-state index contributed by atoms with van der Waals surface area (Å²) in [5.74, 6) is -0.421. The highest BCUT2D eigenvalue weighted by Crippen LogP contribution is 2.27. The Hall–Kier alpha value is -1.85. The maximum atomic E-state index is 12.8. The molecule has 6 heteroatoms. The van der Waals surface area contributed by atoms with Crippen molar-refractivity contribution >= 4 is 27.3 Å². The van der Waals surface area contributed by atoms with Gasteiger partial charge in [-0.05, 0) is 36.8 Å². The van der Waals surface area contributed by atoms with Crippen LogP contribution < -0.4 is 5.32 Å². The van der Waals surface area contributed by atoms with Crippen LogP contribution in [0.2, 0.25) is 5.02 Å². The Bertz CT molecular complexity index is 768. The fourth-order valence-electron chi connectivity index (χ4n) is 2.03. The van der Waals surface area contributed by atoms with Crippen LogP contribution in [0.5, 0.6) is 0 Å². The molecule has 0 aliphatic heterocycles. The molecule has 0 fully saturated rings. The van der Waals surface area contributed by atoms with Crippen molar-refractivity contribution in [2.75, 3.05) is 0 Å². The van der Waals surface area contributed by atoms with Gasteiger partial charge in [0.2, 0.25) is 15.7 Å². The summed E-state index contributed by atoms with van der Waals surface area (Å²) in [6.07, 6.45) is 0. The standard InChI is InChI=1S/C16H16ClNO3S/c1-11-3-9-15(10-4-11)22(20,21)16(18-12(2)19)13-5-7-14(17)8-6-13/h3-10,16H,1-2H3,(H,18,19). The summed E-state index contributed by atoms with van der Waals surface area (Å²) in [6, 6.07) is 12.9. The van der Waals surface area contributed by atoms with Crippen molar-refractivity contribution in [1.82, 2.24) is 5.32 Å². The number of hydrogen-bond acceptors (Lipinski definition) is 3. The zero-order chi connectivity index (χ0) is 16.3. The molecule has 1 atom stereocenters. The van der Waals surface area contributed by atoms with E-state index in [1.807, 2.05) is 6.92 Å². The van der Waals surface area contributed by atoms with Gasteiger partial charge in [0, 0.05) is 11.9 Å². The van der Waals surface area contributed by atoms with Crippen molar-refractivity contribution in [2.24, 2.45) is 0 Å². The molecule has 2 aromatic rings. The number of sulfone groups is 1. The SMILES string of the molecule is CC(=O)NC(c1ccc(Cl)cc1)S(=O)(=O)c1ccc(C)cc1. The minimum atomic E-state index is -3.75. The van der Waals surface area contributed by atoms with Crippen LogP contribution in [0.4, 0.5) is 0 Å². The lowest BCUT2D eigenvalue weighted by Crippen LogP contribution is -2.32. The van der Waals surface area contributed by atoms with Crippen LogP contribution in [0, 0.1) is 6.92 Å². The van der Waals surface area contributed by atoms with E-state index in [0.717, 1.165) is 5.56 Å². The molecule has 1 unspecified atom stereocenters. The van der Waals surface area contributed by atoms with E-state index in [9.17, 15) is 13.2 Å². The van der Waals surface area contributed by atoms with E-state index in [0.29, 0.717) is 10.6 Å². The Morgan fingerprint density at radius 1 is 1.05 bits per heavy atom. The first-order valence-corrected chi connectivity index (χ1v) is 8.56. The molecule has 0 aliphatic rings. The smallest absolute Gasteiger partial charge is 0.218 e. The number of carbonyl (C=O) groups excluding carboxylic acids is 1. The van der Waals surface area contributed by atoms with Crippen LogP contribution in [-0.2, 0) is 14.6 Å². The number of halogens is 1. The molecular formula is C16H16ClNO3S. The van der Waals surface area contributed by atoms with E-state index in [1.54, 1.807) is 36.4 Å². The lowest BCUT2D eigenvalue weighted by molar-refractivity contribution is -0.119. The Labute approximate surface area is 135 Å². The molecular weight excluding hydrogens is 322 g/mol. The van der Waals surface area contributed by atoms with Crippen LogP contribution >= 0.6 is 11.6 Å². The lowest BCUT2D eigenvalue weighted by Gasteiger charge is -2.19. The van der Waals surface area contributed by atoms with Crippen molar-refractivity contribution in [3.8, 4) is 0 Å². The van der Waals surface area contributed by atoms with Crippen LogP contribution in [0.15, 0.2) is 53.4 Å². The molecule has 0 spiro atoms. The zero-order valence-electron chi connectivity index (χ0n) is 12.2. The summed E-state index contributed by atoms with van der Waals surface area (Å²) in [4.78, 5) is 11.6. The molecule has 0 saturated carbocycles. The molecule has 1 N–H and O–H groups in total. The van der Waals surface area contributed by atoms with Crippen LogP contribution in [0.3, 0.4) is 0 Å². The molecule has 1 amide bonds. The number of carbonyl (C=O) groups is 1. The maximum absolute atomic E-state index is 12.8. The number of aryl methyl sites for hydroxylation is 1. The van der Waals surface area contributed by atoms with Gasteiger partial charge in [-0.3, -0.25) is 4.79 Å². The van der Waals surface area contributed by atoms with Crippen molar-refractivity contribution in [3.63, 3.8) is 0 Å². The third-order valence-corrected chi connectivity index (χ3v) is 5.36. The first-order chi connectivity index (χ1) is 10.3. The van der Waals surface area contributed by atoms with E-state index < -0.39 is 21.1 Å². The van der Waals surface area contributed by atoms with E-state index in [1.165, 1.54) is 19.1 Å². The van der Waals surface area contributed by atoms with Gasteiger partial charge in [0.05, 0.1) is 4.90 Å². The fourth-order valence-corrected chi connectivity index (χ4v) is 3.78. The predicted octanol–water partition coefficient (Wildman–Crippen LogP) is 3.26. The molecule has 0 aromatic heterocycles. The summed E-state index contributed by atoms with van der Waals surface area (Å²) < 4.78 is 25.6. The number of benzene rings is 2. The molecule has 4 nitrogen and oxygen atoms in total. The molecule has 0 bridgehead atoms. The quantitative estimate of drug-likeness (QED) is 0.931. The van der Waals surface area contributed by atoms with Gasteiger partial charge < -0.3 is 5.32 Å². The monoisotopic (exact) mass is 337 g/mol. The fraction of sp³-hybridized carbons (Fsp3) is 0.188. The summed E-state index contributed by atoms with van der Waals surface area (Å²) in [5, 5.41) is 1.85. The third kappa shape index (κ3) is 3.67. The highest BCUT2D eigenvalue weighted by atomic mass is 35.5. The summed E-state index contributed by atoms with van der Waals surface area (Å²) in [5.41, 5.74) is 1.42. The zero-order valence-corrected chi connectivity index (χ0v) is 13.8. The van der Waals surface area contributed by atoms with Gasteiger partial charge in [-0.2, -0.15) is 0 Å². The number of nitrogens with one attached hydrogen (secondary N) is 1. The molecule has 0 heterocycles. The number of hydrogen-bond donors (Lipinski definition) is 1. The Kier molecular flexibility index (Phi) is 4.88. The third-order valence-electron chi connectivity index (χ3n) is 3.17. The van der Waals surface area contributed by atoms with Gasteiger partial charge in [0.1, 0.15) is 0 Å². The number of rotatable bonds is 4. The van der Waals surface area contributed by atoms with E-state index in [4.69, 9.17) is 11.6 Å². The Balaban J connectivity index is 2.50. The molecule has 0 saturated heterocycles. The second-order valence-electron chi connectivity index (χ2n) is 4.99. The van der Waals surface area contributed by atoms with Gasteiger partial charge >= 0.3 is 0 Å². The molecule has 2 aromatic carbocycles. The van der Waals surface area contributed by atoms with E-state index in [2.05, 4.69) is 5.32 Å². The molecule has 2 rings (SSSR count). The van der Waals surface area contributed by atoms with Gasteiger partial charge in [0.25, 0.3) is 0 Å². The van der Waals surface area contributed by atoms with Crippen molar-refractivity contribution < 1.29 is 13.2 Å². The lowest BCUT2D eigenvalue weighted by atomic mass is 10.2. The normalized spacial score (nSPS) is 12.7. The highest BCUT2D eigenvalue weighted by molar-refractivity contribution is 7.91. The van der Waals surface area contributed by atoms with Crippen molar-refractivity contribution in [1.29, 1.82) is 0 Å². The average Bonchev–Trinajstić information content (AvgIpc) is 2.46. The Morgan fingerprint density at radius 3 is 2.09 bits per heavy atom. The first-order valence-electron chi connectivity index (χ1n) is 6.64. The largest absolute Gasteiger partial charge is 0.336 e. The first kappa shape index (κ1) is 16.5. The minimum absolute atomic E-state index is 0.159. The van der Waals surface area contributed by atoms with Crippen LogP contribution in [0.25, 0.3) is 0 Å². The minimum Gasteiger partial charge on any atom is -0.336 e. The van der Waals surface area contributed by atoms with Crippen molar-refractivity contribution in [3.05, 3.63) is 64.7 Å². The maximum Gasteiger partial charge on any atom is 0.218 e. The average molecular weight is 338 g/mol. The van der Waals surface area contributed by atoms with Gasteiger partial charge in [-0.15, -0.1) is 0 Å². The van der Waals surface area contributed by atoms with Gasteiger partial charge in [-0.1, -0.05) is 41.4 Å². The molecule has 0 radical (unpaired) electrons. The molecule has 22 heavy (non-hydrogen) atoms. The Morgan fingerprint density at radius 2 is 1.59 bits per heavy atom. The van der Waals surface area contributed by atoms with E-state index >= 15 is 0 Å². The number of amides is 1. The molecule has 0 aliphatic carbocycles. The summed E-state index contributed by atoms with van der Waals surface area (Å²) in [6.45, 7) is 3.16. The second-order valence-corrected chi connectivity index (χ2v) is 7.46. The van der Waals surface area contributed by atoms with Crippen molar-refractivity contribution in [2.45, 2.75) is 24.1 Å².